The zero-order chi connectivity index (χ0) is 17.2. The van der Waals surface area contributed by atoms with Gasteiger partial charge < -0.3 is 5.32 Å². The summed E-state index contributed by atoms with van der Waals surface area (Å²) in [4.78, 5) is 12.2. The van der Waals surface area contributed by atoms with Crippen molar-refractivity contribution in [2.45, 2.75) is 18.4 Å². The molecule has 0 aliphatic heterocycles. The van der Waals surface area contributed by atoms with Gasteiger partial charge in [-0.3, -0.25) is 4.79 Å². The highest BCUT2D eigenvalue weighted by Gasteiger charge is 2.15. The van der Waals surface area contributed by atoms with Crippen LogP contribution in [0.25, 0.3) is 0 Å². The molecule has 0 fully saturated rings. The maximum Gasteiger partial charge on any atom is 0.253 e. The normalized spacial score (nSPS) is 11.3. The highest BCUT2D eigenvalue weighted by atomic mass is 35.5. The van der Waals surface area contributed by atoms with Gasteiger partial charge in [-0.05, 0) is 42.3 Å². The zero-order valence-corrected chi connectivity index (χ0v) is 14.1. The Hall–Kier alpha value is -1.92. The molecule has 2 aromatic carbocycles. The van der Waals surface area contributed by atoms with Crippen LogP contribution in [-0.4, -0.2) is 20.6 Å². The molecule has 0 radical (unpaired) electrons. The maximum absolute atomic E-state index is 13.5. The summed E-state index contributed by atoms with van der Waals surface area (Å²) >= 11 is 5.95. The lowest BCUT2D eigenvalue weighted by Crippen LogP contribution is -2.23. The summed E-state index contributed by atoms with van der Waals surface area (Å²) in [7, 11) is -3.44. The van der Waals surface area contributed by atoms with Gasteiger partial charge in [-0.15, -0.1) is 0 Å². The first-order chi connectivity index (χ1) is 10.7. The van der Waals surface area contributed by atoms with Crippen LogP contribution >= 0.6 is 11.6 Å². The molecule has 122 valence electrons. The predicted octanol–water partition coefficient (Wildman–Crippen LogP) is 3.12. The molecule has 23 heavy (non-hydrogen) atoms. The van der Waals surface area contributed by atoms with E-state index in [9.17, 15) is 17.6 Å². The first-order valence-electron chi connectivity index (χ1n) is 6.71. The van der Waals surface area contributed by atoms with Crippen LogP contribution in [0.2, 0.25) is 5.02 Å². The Morgan fingerprint density at radius 2 is 1.91 bits per heavy atom. The minimum atomic E-state index is -3.44. The van der Waals surface area contributed by atoms with Gasteiger partial charge in [0.25, 0.3) is 5.91 Å². The Balaban J connectivity index is 2.19. The van der Waals surface area contributed by atoms with Crippen molar-refractivity contribution >= 4 is 27.3 Å². The fraction of sp³-hybridized carbons (Fsp3) is 0.188. The summed E-state index contributed by atoms with van der Waals surface area (Å²) < 4.78 is 36.6. The summed E-state index contributed by atoms with van der Waals surface area (Å²) in [5, 5.41) is 2.74. The number of rotatable bonds is 4. The average molecular weight is 356 g/mol. The van der Waals surface area contributed by atoms with Crippen LogP contribution in [0.3, 0.4) is 0 Å². The standard InChI is InChI=1S/C16H15ClFNO3S/c1-10-3-4-11(7-15(10)18)9-19-16(20)13-8-12(23(2,21)22)5-6-14(13)17/h3-8H,9H2,1-2H3,(H,19,20). The third-order valence-corrected chi connectivity index (χ3v) is 4.74. The zero-order valence-electron chi connectivity index (χ0n) is 12.6. The van der Waals surface area contributed by atoms with E-state index in [2.05, 4.69) is 5.32 Å². The van der Waals surface area contributed by atoms with Crippen molar-refractivity contribution in [1.82, 2.24) is 5.32 Å². The van der Waals surface area contributed by atoms with Crippen LogP contribution in [0.5, 0.6) is 0 Å². The van der Waals surface area contributed by atoms with Gasteiger partial charge in [-0.2, -0.15) is 0 Å². The van der Waals surface area contributed by atoms with E-state index in [1.54, 1.807) is 19.1 Å². The summed E-state index contributed by atoms with van der Waals surface area (Å²) in [5.74, 6) is -0.879. The number of amides is 1. The molecule has 0 atom stereocenters. The van der Waals surface area contributed by atoms with Gasteiger partial charge in [0.2, 0.25) is 0 Å². The number of aryl methyl sites for hydroxylation is 1. The Bertz CT molecular complexity index is 866. The van der Waals surface area contributed by atoms with Crippen molar-refractivity contribution in [1.29, 1.82) is 0 Å². The predicted molar refractivity (Wildman–Crippen MR) is 86.9 cm³/mol. The van der Waals surface area contributed by atoms with Crippen molar-refractivity contribution in [2.24, 2.45) is 0 Å². The first kappa shape index (κ1) is 17.4. The second kappa shape index (κ2) is 6.68. The number of carbonyl (C=O) groups excluding carboxylic acids is 1. The molecule has 1 amide bonds. The van der Waals surface area contributed by atoms with E-state index < -0.39 is 15.7 Å². The molecular weight excluding hydrogens is 341 g/mol. The molecule has 0 aliphatic rings. The van der Waals surface area contributed by atoms with Gasteiger partial charge in [0.15, 0.2) is 9.84 Å². The quantitative estimate of drug-likeness (QED) is 0.916. The molecule has 0 aliphatic carbocycles. The Morgan fingerprint density at radius 1 is 1.22 bits per heavy atom. The summed E-state index contributed by atoms with van der Waals surface area (Å²) in [6, 6.07) is 8.58. The summed E-state index contributed by atoms with van der Waals surface area (Å²) in [5.41, 5.74) is 1.17. The molecule has 4 nitrogen and oxygen atoms in total. The van der Waals surface area contributed by atoms with Crippen LogP contribution in [0.15, 0.2) is 41.3 Å². The van der Waals surface area contributed by atoms with Gasteiger partial charge in [0, 0.05) is 12.8 Å². The van der Waals surface area contributed by atoms with Crippen LogP contribution in [-0.2, 0) is 16.4 Å². The van der Waals surface area contributed by atoms with Crippen molar-refractivity contribution in [3.8, 4) is 0 Å². The minimum absolute atomic E-state index is 0.00781. The second-order valence-corrected chi connectivity index (χ2v) is 7.60. The molecule has 2 rings (SSSR count). The van der Waals surface area contributed by atoms with E-state index in [1.165, 1.54) is 24.3 Å². The number of carbonyl (C=O) groups is 1. The van der Waals surface area contributed by atoms with E-state index in [0.29, 0.717) is 11.1 Å². The lowest BCUT2D eigenvalue weighted by molar-refractivity contribution is 0.0951. The minimum Gasteiger partial charge on any atom is -0.348 e. The fourth-order valence-electron chi connectivity index (χ4n) is 1.93. The van der Waals surface area contributed by atoms with Crippen LogP contribution in [0, 0.1) is 12.7 Å². The van der Waals surface area contributed by atoms with Crippen molar-refractivity contribution in [3.05, 3.63) is 63.9 Å². The van der Waals surface area contributed by atoms with E-state index in [0.717, 1.165) is 6.26 Å². The lowest BCUT2D eigenvalue weighted by atomic mass is 10.1. The van der Waals surface area contributed by atoms with Crippen LogP contribution in [0.4, 0.5) is 4.39 Å². The van der Waals surface area contributed by atoms with Gasteiger partial charge in [0.1, 0.15) is 5.82 Å². The topological polar surface area (TPSA) is 63.2 Å². The van der Waals surface area contributed by atoms with Gasteiger partial charge in [-0.1, -0.05) is 23.7 Å². The SMILES string of the molecule is Cc1ccc(CNC(=O)c2cc(S(C)(=O)=O)ccc2Cl)cc1F. The smallest absolute Gasteiger partial charge is 0.253 e. The molecule has 0 saturated carbocycles. The largest absolute Gasteiger partial charge is 0.348 e. The average Bonchev–Trinajstić information content (AvgIpc) is 2.47. The number of benzene rings is 2. The van der Waals surface area contributed by atoms with Gasteiger partial charge in [0.05, 0.1) is 15.5 Å². The van der Waals surface area contributed by atoms with E-state index in [4.69, 9.17) is 11.6 Å². The molecule has 0 spiro atoms. The molecule has 1 N–H and O–H groups in total. The summed E-state index contributed by atoms with van der Waals surface area (Å²) in [6.07, 6.45) is 1.05. The summed E-state index contributed by atoms with van der Waals surface area (Å²) in [6.45, 7) is 1.75. The Labute approximate surface area is 139 Å². The highest BCUT2D eigenvalue weighted by Crippen LogP contribution is 2.20. The maximum atomic E-state index is 13.5. The number of hydrogen-bond acceptors (Lipinski definition) is 3. The molecular formula is C16H15ClFNO3S. The van der Waals surface area contributed by atoms with E-state index >= 15 is 0 Å². The lowest BCUT2D eigenvalue weighted by Gasteiger charge is -2.09. The first-order valence-corrected chi connectivity index (χ1v) is 8.98. The monoisotopic (exact) mass is 355 g/mol. The second-order valence-electron chi connectivity index (χ2n) is 5.18. The van der Waals surface area contributed by atoms with Crippen molar-refractivity contribution < 1.29 is 17.6 Å². The van der Waals surface area contributed by atoms with Crippen LogP contribution in [0.1, 0.15) is 21.5 Å². The number of sulfone groups is 1. The molecule has 0 aromatic heterocycles. The van der Waals surface area contributed by atoms with Gasteiger partial charge in [-0.25, -0.2) is 12.8 Å². The molecule has 0 saturated heterocycles. The molecule has 0 heterocycles. The number of halogens is 2. The molecule has 0 unspecified atom stereocenters. The molecule has 0 bridgehead atoms. The van der Waals surface area contributed by atoms with Gasteiger partial charge >= 0.3 is 0 Å². The third kappa shape index (κ3) is 4.30. The number of nitrogens with one attached hydrogen (secondary N) is 1. The van der Waals surface area contributed by atoms with E-state index in [-0.39, 0.29) is 27.8 Å². The Kier molecular flexibility index (Phi) is 5.06. The molecule has 7 heteroatoms. The van der Waals surface area contributed by atoms with Crippen molar-refractivity contribution in [2.75, 3.05) is 6.26 Å². The highest BCUT2D eigenvalue weighted by molar-refractivity contribution is 7.90. The van der Waals surface area contributed by atoms with Crippen molar-refractivity contribution in [3.63, 3.8) is 0 Å². The third-order valence-electron chi connectivity index (χ3n) is 3.30. The fourth-order valence-corrected chi connectivity index (χ4v) is 2.78. The van der Waals surface area contributed by atoms with E-state index in [1.807, 2.05) is 0 Å². The van der Waals surface area contributed by atoms with Crippen LogP contribution < -0.4 is 5.32 Å². The molecule has 2 aromatic rings. The number of hydrogen-bond donors (Lipinski definition) is 1. The Morgan fingerprint density at radius 3 is 2.52 bits per heavy atom.